The fourth-order valence-corrected chi connectivity index (χ4v) is 3.73. The van der Waals surface area contributed by atoms with Crippen LogP contribution in [0.4, 0.5) is 5.82 Å². The molecule has 1 atom stereocenters. The third-order valence-electron chi connectivity index (χ3n) is 4.87. The van der Waals surface area contributed by atoms with Crippen molar-refractivity contribution in [2.24, 2.45) is 5.73 Å². The summed E-state index contributed by atoms with van der Waals surface area (Å²) < 4.78 is 1.91. The van der Waals surface area contributed by atoms with E-state index in [1.54, 1.807) is 0 Å². The molecule has 3 aromatic rings. The summed E-state index contributed by atoms with van der Waals surface area (Å²) in [5, 5.41) is 9.81. The summed E-state index contributed by atoms with van der Waals surface area (Å²) >= 11 is 0. The van der Waals surface area contributed by atoms with E-state index in [1.165, 1.54) is 6.33 Å². The van der Waals surface area contributed by atoms with Gasteiger partial charge in [0.25, 0.3) is 5.56 Å². The number of H-pyrrole nitrogens is 1. The van der Waals surface area contributed by atoms with Gasteiger partial charge in [-0.25, -0.2) is 4.98 Å². The number of rotatable bonds is 3. The highest BCUT2D eigenvalue weighted by atomic mass is 35.5. The average Bonchev–Trinajstić information content (AvgIpc) is 2.97. The first-order valence-corrected chi connectivity index (χ1v) is 8.73. The summed E-state index contributed by atoms with van der Waals surface area (Å²) in [7, 11) is 0. The second-order valence-corrected chi connectivity index (χ2v) is 6.66. The van der Waals surface area contributed by atoms with E-state index >= 15 is 0 Å². The lowest BCUT2D eigenvalue weighted by molar-refractivity contribution is 0.498. The molecule has 140 valence electrons. The van der Waals surface area contributed by atoms with Crippen LogP contribution < -0.4 is 16.2 Å². The maximum Gasteiger partial charge on any atom is 0.275 e. The zero-order valence-corrected chi connectivity index (χ0v) is 15.6. The quantitative estimate of drug-likeness (QED) is 0.718. The summed E-state index contributed by atoms with van der Waals surface area (Å²) in [5.74, 6) is 0.741. The number of aromatic nitrogens is 3. The Balaban J connectivity index is 0.00000210. The van der Waals surface area contributed by atoms with Gasteiger partial charge in [0.15, 0.2) is 0 Å². The van der Waals surface area contributed by atoms with E-state index in [0.717, 1.165) is 30.8 Å². The van der Waals surface area contributed by atoms with Gasteiger partial charge < -0.3 is 20.2 Å². The molecule has 0 radical (unpaired) electrons. The number of aromatic amines is 1. The number of halogens is 1. The zero-order valence-electron chi connectivity index (χ0n) is 14.8. The van der Waals surface area contributed by atoms with Gasteiger partial charge in [-0.15, -0.1) is 12.4 Å². The summed E-state index contributed by atoms with van der Waals surface area (Å²) in [6.07, 6.45) is 3.28. The van der Waals surface area contributed by atoms with Crippen LogP contribution in [0.2, 0.25) is 0 Å². The number of fused-ring (bicyclic) bond motifs is 1. The summed E-state index contributed by atoms with van der Waals surface area (Å²) in [6, 6.07) is 12.2. The van der Waals surface area contributed by atoms with Gasteiger partial charge >= 0.3 is 0 Å². The average molecular weight is 385 g/mol. The maximum atomic E-state index is 12.5. The highest BCUT2D eigenvalue weighted by molar-refractivity contribution is 5.89. The van der Waals surface area contributed by atoms with E-state index in [2.05, 4.69) is 20.9 Å². The first-order valence-electron chi connectivity index (χ1n) is 8.73. The molecule has 0 unspecified atom stereocenters. The lowest BCUT2D eigenvalue weighted by Crippen LogP contribution is -2.44. The van der Waals surface area contributed by atoms with Crippen LogP contribution in [0, 0.1) is 11.3 Å². The highest BCUT2D eigenvalue weighted by Crippen LogP contribution is 2.32. The van der Waals surface area contributed by atoms with Gasteiger partial charge in [-0.05, 0) is 18.4 Å². The Labute approximate surface area is 162 Å². The monoisotopic (exact) mass is 384 g/mol. The zero-order chi connectivity index (χ0) is 18.1. The third-order valence-corrected chi connectivity index (χ3v) is 4.87. The normalized spacial score (nSPS) is 16.7. The second-order valence-electron chi connectivity index (χ2n) is 6.66. The molecule has 3 N–H and O–H groups in total. The Kier molecular flexibility index (Phi) is 5.49. The number of benzene rings is 1. The minimum absolute atomic E-state index is 0. The molecule has 1 saturated heterocycles. The van der Waals surface area contributed by atoms with Crippen molar-refractivity contribution in [2.45, 2.75) is 25.4 Å². The lowest BCUT2D eigenvalue weighted by atomic mass is 10.1. The van der Waals surface area contributed by atoms with Gasteiger partial charge in [0.1, 0.15) is 28.5 Å². The van der Waals surface area contributed by atoms with Gasteiger partial charge in [0, 0.05) is 25.7 Å². The number of piperidine rings is 1. The molecule has 1 aliphatic heterocycles. The fourth-order valence-electron chi connectivity index (χ4n) is 3.73. The van der Waals surface area contributed by atoms with Crippen LogP contribution in [0.1, 0.15) is 24.0 Å². The Bertz CT molecular complexity index is 1040. The molecule has 1 aromatic carbocycles. The van der Waals surface area contributed by atoms with Crippen molar-refractivity contribution >= 4 is 29.3 Å². The molecule has 4 rings (SSSR count). The molecule has 2 aromatic heterocycles. The Morgan fingerprint density at radius 3 is 2.81 bits per heavy atom. The van der Waals surface area contributed by atoms with Crippen LogP contribution >= 0.6 is 12.4 Å². The standard InChI is InChI=1S/C19H20N6O.ClH/c20-9-15-16-17(18(26)23-12-22-16)25(10-13-5-2-1-3-6-13)19(15)24-8-4-7-14(21)11-24;/h1-3,5-6,12,14H,4,7-8,10-11,21H2,(H,22,23,26);1H/t14-;/m0./s1. The molecule has 27 heavy (non-hydrogen) atoms. The number of nitrogens with one attached hydrogen (secondary N) is 1. The van der Waals surface area contributed by atoms with Crippen LogP contribution in [-0.2, 0) is 6.54 Å². The maximum absolute atomic E-state index is 12.5. The minimum Gasteiger partial charge on any atom is -0.355 e. The van der Waals surface area contributed by atoms with E-state index in [1.807, 2.05) is 34.9 Å². The minimum atomic E-state index is -0.241. The molecule has 0 aliphatic carbocycles. The van der Waals surface area contributed by atoms with E-state index in [9.17, 15) is 10.1 Å². The molecule has 0 spiro atoms. The van der Waals surface area contributed by atoms with Crippen molar-refractivity contribution in [1.29, 1.82) is 5.26 Å². The first-order chi connectivity index (χ1) is 12.7. The number of nitrogens with zero attached hydrogens (tertiary/aromatic N) is 4. The van der Waals surface area contributed by atoms with Gasteiger partial charge in [0.2, 0.25) is 0 Å². The first kappa shape index (κ1) is 19.0. The second kappa shape index (κ2) is 7.82. The number of anilines is 1. The third kappa shape index (κ3) is 3.42. The smallest absolute Gasteiger partial charge is 0.275 e. The molecule has 1 aliphatic rings. The summed E-state index contributed by atoms with van der Waals surface area (Å²) in [4.78, 5) is 21.6. The molecule has 0 bridgehead atoms. The van der Waals surface area contributed by atoms with E-state index in [4.69, 9.17) is 5.73 Å². The molecule has 3 heterocycles. The van der Waals surface area contributed by atoms with Crippen molar-refractivity contribution in [3.63, 3.8) is 0 Å². The molecule has 0 saturated carbocycles. The number of nitriles is 1. The van der Waals surface area contributed by atoms with E-state index in [0.29, 0.717) is 29.7 Å². The van der Waals surface area contributed by atoms with Gasteiger partial charge in [-0.3, -0.25) is 4.79 Å². The van der Waals surface area contributed by atoms with Crippen LogP contribution in [0.5, 0.6) is 0 Å². The molecule has 1 fully saturated rings. The largest absolute Gasteiger partial charge is 0.355 e. The molecule has 0 amide bonds. The van der Waals surface area contributed by atoms with Crippen LogP contribution in [0.25, 0.3) is 11.0 Å². The predicted octanol–water partition coefficient (Wildman–Crippen LogP) is 1.99. The Morgan fingerprint density at radius 1 is 1.33 bits per heavy atom. The number of hydrogen-bond acceptors (Lipinski definition) is 5. The van der Waals surface area contributed by atoms with Crippen molar-refractivity contribution in [2.75, 3.05) is 18.0 Å². The Morgan fingerprint density at radius 2 is 2.11 bits per heavy atom. The molecular weight excluding hydrogens is 364 g/mol. The SMILES string of the molecule is Cl.N#Cc1c(N2CCC[C@H](N)C2)n(Cc2ccccc2)c2c(=O)[nH]cnc12. The molecule has 8 heteroatoms. The molecule has 7 nitrogen and oxygen atoms in total. The number of hydrogen-bond donors (Lipinski definition) is 2. The van der Waals surface area contributed by atoms with Crippen molar-refractivity contribution in [3.05, 3.63) is 58.1 Å². The number of nitrogens with two attached hydrogens (primary N) is 1. The van der Waals surface area contributed by atoms with Crippen molar-refractivity contribution in [3.8, 4) is 6.07 Å². The predicted molar refractivity (Wildman–Crippen MR) is 107 cm³/mol. The van der Waals surface area contributed by atoms with Crippen LogP contribution in [-0.4, -0.2) is 33.7 Å². The van der Waals surface area contributed by atoms with Crippen molar-refractivity contribution < 1.29 is 0 Å². The molecular formula is C19H21ClN6O. The van der Waals surface area contributed by atoms with Crippen LogP contribution in [0.3, 0.4) is 0 Å². The Hall–Kier alpha value is -2.82. The van der Waals surface area contributed by atoms with Crippen molar-refractivity contribution in [1.82, 2.24) is 14.5 Å². The van der Waals surface area contributed by atoms with Crippen LogP contribution in [0.15, 0.2) is 41.5 Å². The summed E-state index contributed by atoms with van der Waals surface area (Å²) in [5.41, 5.74) is 8.30. The van der Waals surface area contributed by atoms with E-state index < -0.39 is 0 Å². The van der Waals surface area contributed by atoms with E-state index in [-0.39, 0.29) is 24.0 Å². The van der Waals surface area contributed by atoms with Gasteiger partial charge in [-0.1, -0.05) is 30.3 Å². The highest BCUT2D eigenvalue weighted by Gasteiger charge is 2.27. The topological polar surface area (TPSA) is 104 Å². The lowest BCUT2D eigenvalue weighted by Gasteiger charge is -2.33. The fraction of sp³-hybridized carbons (Fsp3) is 0.316. The van der Waals surface area contributed by atoms with Gasteiger partial charge in [-0.2, -0.15) is 5.26 Å². The summed E-state index contributed by atoms with van der Waals surface area (Å²) in [6.45, 7) is 1.97. The van der Waals surface area contributed by atoms with Gasteiger partial charge in [0.05, 0.1) is 6.33 Å².